The van der Waals surface area contributed by atoms with Crippen LogP contribution in [0.25, 0.3) is 11.0 Å². The van der Waals surface area contributed by atoms with Gasteiger partial charge in [0.1, 0.15) is 0 Å². The van der Waals surface area contributed by atoms with E-state index in [0.29, 0.717) is 31.5 Å². The smallest absolute Gasteiger partial charge is 0.349 e. The minimum Gasteiger partial charge on any atom is -0.349 e. The van der Waals surface area contributed by atoms with Crippen LogP contribution in [0.2, 0.25) is 0 Å². The maximum Gasteiger partial charge on any atom is 0.416 e. The van der Waals surface area contributed by atoms with Crippen LogP contribution in [0.15, 0.2) is 48.8 Å². The Hall–Kier alpha value is -3.36. The predicted molar refractivity (Wildman–Crippen MR) is 104 cm³/mol. The van der Waals surface area contributed by atoms with E-state index in [1.807, 2.05) is 0 Å². The molecule has 3 aromatic rings. The molecule has 9 heteroatoms. The number of alkyl halides is 3. The molecule has 0 bridgehead atoms. The predicted octanol–water partition coefficient (Wildman–Crippen LogP) is 3.62. The summed E-state index contributed by atoms with van der Waals surface area (Å²) in [7, 11) is 0. The number of nitrogens with one attached hydrogen (secondary N) is 2. The van der Waals surface area contributed by atoms with E-state index >= 15 is 0 Å². The summed E-state index contributed by atoms with van der Waals surface area (Å²) in [6.07, 6.45) is -1.71. The number of hydrogen-bond donors (Lipinski definition) is 2. The van der Waals surface area contributed by atoms with Crippen LogP contribution >= 0.6 is 0 Å². The number of amides is 2. The molecule has 0 aliphatic carbocycles. The van der Waals surface area contributed by atoms with Gasteiger partial charge in [0.2, 0.25) is 0 Å². The van der Waals surface area contributed by atoms with Gasteiger partial charge >= 0.3 is 6.18 Å². The van der Waals surface area contributed by atoms with Gasteiger partial charge in [-0.1, -0.05) is 0 Å². The van der Waals surface area contributed by atoms with Crippen molar-refractivity contribution in [2.45, 2.75) is 25.1 Å². The largest absolute Gasteiger partial charge is 0.416 e. The second-order valence-corrected chi connectivity index (χ2v) is 7.25. The highest BCUT2D eigenvalue weighted by molar-refractivity contribution is 5.97. The number of imidazole rings is 1. The van der Waals surface area contributed by atoms with Crippen molar-refractivity contribution < 1.29 is 22.8 Å². The van der Waals surface area contributed by atoms with Crippen molar-refractivity contribution in [2.75, 3.05) is 13.1 Å². The molecule has 1 aliphatic heterocycles. The number of hydrogen-bond acceptors (Lipinski definition) is 3. The van der Waals surface area contributed by atoms with Gasteiger partial charge in [0.25, 0.3) is 11.8 Å². The van der Waals surface area contributed by atoms with Gasteiger partial charge in [-0.2, -0.15) is 13.2 Å². The first-order valence-corrected chi connectivity index (χ1v) is 9.52. The second-order valence-electron chi connectivity index (χ2n) is 7.25. The monoisotopic (exact) mass is 416 g/mol. The van der Waals surface area contributed by atoms with E-state index in [1.54, 1.807) is 29.4 Å². The van der Waals surface area contributed by atoms with Gasteiger partial charge in [-0.05, 0) is 55.3 Å². The highest BCUT2D eigenvalue weighted by Gasteiger charge is 2.30. The summed E-state index contributed by atoms with van der Waals surface area (Å²) in [4.78, 5) is 33.9. The first kappa shape index (κ1) is 19.9. The summed E-state index contributed by atoms with van der Waals surface area (Å²) in [6, 6.07) is 9.28. The van der Waals surface area contributed by atoms with Crippen LogP contribution in [0.3, 0.4) is 0 Å². The summed E-state index contributed by atoms with van der Waals surface area (Å²) in [5.74, 6) is -0.503. The van der Waals surface area contributed by atoms with Crippen molar-refractivity contribution in [3.05, 3.63) is 65.5 Å². The first-order valence-electron chi connectivity index (χ1n) is 9.52. The van der Waals surface area contributed by atoms with Crippen LogP contribution in [-0.2, 0) is 6.18 Å². The molecular weight excluding hydrogens is 397 g/mol. The van der Waals surface area contributed by atoms with Gasteiger partial charge in [-0.15, -0.1) is 0 Å². The zero-order valence-electron chi connectivity index (χ0n) is 15.9. The number of carbonyl (C=O) groups excluding carboxylic acids is 2. The van der Waals surface area contributed by atoms with Gasteiger partial charge in [-0.3, -0.25) is 9.59 Å². The second kappa shape index (κ2) is 7.81. The molecule has 0 saturated carbocycles. The molecule has 2 N–H and O–H groups in total. The molecular formula is C21H19F3N4O2. The molecule has 6 nitrogen and oxygen atoms in total. The molecule has 30 heavy (non-hydrogen) atoms. The molecule has 1 fully saturated rings. The zero-order chi connectivity index (χ0) is 21.3. The van der Waals surface area contributed by atoms with Crippen molar-refractivity contribution in [2.24, 2.45) is 0 Å². The van der Waals surface area contributed by atoms with Crippen LogP contribution in [-0.4, -0.2) is 45.8 Å². The lowest BCUT2D eigenvalue weighted by Crippen LogP contribution is -2.46. The SMILES string of the molecule is O=C(NC1CCN(C(=O)c2ccc3nc[nH]c3c2)CC1)c1ccc(C(F)(F)F)cc1. The number of aromatic nitrogens is 2. The first-order chi connectivity index (χ1) is 14.3. The van der Waals surface area contributed by atoms with Crippen molar-refractivity contribution >= 4 is 22.8 Å². The van der Waals surface area contributed by atoms with Gasteiger partial charge < -0.3 is 15.2 Å². The van der Waals surface area contributed by atoms with E-state index in [9.17, 15) is 22.8 Å². The zero-order valence-corrected chi connectivity index (χ0v) is 15.9. The lowest BCUT2D eigenvalue weighted by Gasteiger charge is -2.32. The van der Waals surface area contributed by atoms with Gasteiger partial charge in [-0.25, -0.2) is 4.98 Å². The Bertz CT molecular complexity index is 1070. The fourth-order valence-corrected chi connectivity index (χ4v) is 3.56. The average Bonchev–Trinajstić information content (AvgIpc) is 3.21. The van der Waals surface area contributed by atoms with E-state index in [-0.39, 0.29) is 17.5 Å². The average molecular weight is 416 g/mol. The van der Waals surface area contributed by atoms with Crippen LogP contribution in [0.5, 0.6) is 0 Å². The topological polar surface area (TPSA) is 78.1 Å². The fourth-order valence-electron chi connectivity index (χ4n) is 3.56. The molecule has 1 saturated heterocycles. The van der Waals surface area contributed by atoms with Crippen LogP contribution in [0.4, 0.5) is 13.2 Å². The Morgan fingerprint density at radius 2 is 1.70 bits per heavy atom. The number of rotatable bonds is 3. The summed E-state index contributed by atoms with van der Waals surface area (Å²) < 4.78 is 37.9. The van der Waals surface area contributed by atoms with Crippen molar-refractivity contribution in [1.29, 1.82) is 0 Å². The molecule has 1 aliphatic rings. The van der Waals surface area contributed by atoms with Crippen molar-refractivity contribution in [3.8, 4) is 0 Å². The van der Waals surface area contributed by atoms with E-state index in [2.05, 4.69) is 15.3 Å². The van der Waals surface area contributed by atoms with E-state index in [4.69, 9.17) is 0 Å². The van der Waals surface area contributed by atoms with Gasteiger partial charge in [0, 0.05) is 30.3 Å². The number of fused-ring (bicyclic) bond motifs is 1. The molecule has 0 radical (unpaired) electrons. The molecule has 1 aromatic heterocycles. The quantitative estimate of drug-likeness (QED) is 0.685. The number of halogens is 3. The minimum absolute atomic E-state index is 0.0842. The third-order valence-corrected chi connectivity index (χ3v) is 5.26. The summed E-state index contributed by atoms with van der Waals surface area (Å²) in [5.41, 5.74) is 1.53. The summed E-state index contributed by atoms with van der Waals surface area (Å²) in [6.45, 7) is 0.968. The Morgan fingerprint density at radius 3 is 2.37 bits per heavy atom. The number of benzene rings is 2. The van der Waals surface area contributed by atoms with E-state index < -0.39 is 17.6 Å². The number of likely N-dealkylation sites (tertiary alicyclic amines) is 1. The maximum absolute atomic E-state index is 12.7. The minimum atomic E-state index is -4.43. The van der Waals surface area contributed by atoms with Crippen LogP contribution < -0.4 is 5.32 Å². The summed E-state index contributed by atoms with van der Waals surface area (Å²) in [5, 5.41) is 2.84. The third-order valence-electron chi connectivity index (χ3n) is 5.26. The van der Waals surface area contributed by atoms with Gasteiger partial charge in [0.15, 0.2) is 0 Å². The number of carbonyl (C=O) groups is 2. The Labute approximate surface area is 170 Å². The number of aromatic amines is 1. The molecule has 0 atom stereocenters. The summed E-state index contributed by atoms with van der Waals surface area (Å²) >= 11 is 0. The number of piperidine rings is 1. The molecule has 4 rings (SSSR count). The lowest BCUT2D eigenvalue weighted by atomic mass is 10.0. The molecule has 0 spiro atoms. The van der Waals surface area contributed by atoms with Crippen LogP contribution in [0.1, 0.15) is 39.1 Å². The van der Waals surface area contributed by atoms with E-state index in [1.165, 1.54) is 12.1 Å². The Kier molecular flexibility index (Phi) is 5.19. The standard InChI is InChI=1S/C21H19F3N4O2/c22-21(23,24)15-4-1-13(2-5-15)19(29)27-16-7-9-28(10-8-16)20(30)14-3-6-17-18(11-14)26-12-25-17/h1-6,11-12,16H,7-10H2,(H,25,26)(H,27,29). The maximum atomic E-state index is 12.7. The molecule has 0 unspecified atom stereocenters. The Morgan fingerprint density at radius 1 is 1.03 bits per heavy atom. The Balaban J connectivity index is 1.32. The van der Waals surface area contributed by atoms with E-state index in [0.717, 1.165) is 23.2 Å². The van der Waals surface area contributed by atoms with Crippen molar-refractivity contribution in [3.63, 3.8) is 0 Å². The van der Waals surface area contributed by atoms with Crippen LogP contribution in [0, 0.1) is 0 Å². The number of H-pyrrole nitrogens is 1. The fraction of sp³-hybridized carbons (Fsp3) is 0.286. The van der Waals surface area contributed by atoms with Gasteiger partial charge in [0.05, 0.1) is 22.9 Å². The highest BCUT2D eigenvalue weighted by Crippen LogP contribution is 2.29. The molecule has 2 heterocycles. The van der Waals surface area contributed by atoms with Crippen molar-refractivity contribution in [1.82, 2.24) is 20.2 Å². The molecule has 2 amide bonds. The molecule has 156 valence electrons. The third kappa shape index (κ3) is 4.14. The highest BCUT2D eigenvalue weighted by atomic mass is 19.4. The number of nitrogens with zero attached hydrogens (tertiary/aromatic N) is 2. The lowest BCUT2D eigenvalue weighted by molar-refractivity contribution is -0.137. The normalized spacial score (nSPS) is 15.4. The molecule has 2 aromatic carbocycles.